The Morgan fingerprint density at radius 1 is 1.19 bits per heavy atom. The first-order valence-electron chi connectivity index (χ1n) is 10.3. The number of hydrogen-bond donors (Lipinski definition) is 1. The highest BCUT2D eigenvalue weighted by molar-refractivity contribution is 6.35. The minimum atomic E-state index is -0.414. The van der Waals surface area contributed by atoms with E-state index in [1.54, 1.807) is 16.8 Å². The number of nitrogens with zero attached hydrogens (tertiary/aromatic N) is 4. The number of hydrogen-bond acceptors (Lipinski definition) is 6. The molecule has 0 saturated heterocycles. The minimum absolute atomic E-state index is 0.106. The number of benzene rings is 2. The Labute approximate surface area is 195 Å². The molecule has 0 bridgehead atoms. The molecule has 0 saturated carbocycles. The van der Waals surface area contributed by atoms with Gasteiger partial charge < -0.3 is 10.1 Å². The van der Waals surface area contributed by atoms with Crippen LogP contribution in [0.3, 0.4) is 0 Å². The maximum atomic E-state index is 13.2. The van der Waals surface area contributed by atoms with Crippen molar-refractivity contribution in [2.45, 2.75) is 39.3 Å². The highest BCUT2D eigenvalue weighted by atomic mass is 35.5. The van der Waals surface area contributed by atoms with Gasteiger partial charge in [0.15, 0.2) is 5.78 Å². The quantitative estimate of drug-likeness (QED) is 0.563. The summed E-state index contributed by atoms with van der Waals surface area (Å²) in [5.41, 5.74) is 3.19. The summed E-state index contributed by atoms with van der Waals surface area (Å²) in [5.74, 6) is 1.29. The zero-order valence-electron chi connectivity index (χ0n) is 17.6. The largest absolute Gasteiger partial charge is 0.489 e. The number of carbonyl (C=O) groups is 1. The van der Waals surface area contributed by atoms with Crippen LogP contribution in [-0.2, 0) is 11.4 Å². The van der Waals surface area contributed by atoms with Gasteiger partial charge >= 0.3 is 0 Å². The van der Waals surface area contributed by atoms with Crippen LogP contribution in [0.15, 0.2) is 53.7 Å². The molecule has 9 heteroatoms. The van der Waals surface area contributed by atoms with Crippen molar-refractivity contribution in [2.75, 3.05) is 5.32 Å². The Bertz CT molecular complexity index is 1250. The van der Waals surface area contributed by atoms with E-state index >= 15 is 0 Å². The van der Waals surface area contributed by atoms with Crippen LogP contribution in [0, 0.1) is 5.41 Å². The Morgan fingerprint density at radius 3 is 2.84 bits per heavy atom. The molecule has 0 spiro atoms. The number of ketones is 1. The third kappa shape index (κ3) is 3.87. The number of allylic oxidation sites excluding steroid dienone is 2. The molecule has 0 fully saturated rings. The molecule has 1 atom stereocenters. The van der Waals surface area contributed by atoms with E-state index in [4.69, 9.17) is 27.9 Å². The number of fused-ring (bicyclic) bond motifs is 1. The van der Waals surface area contributed by atoms with Crippen LogP contribution in [0.4, 0.5) is 5.95 Å². The van der Waals surface area contributed by atoms with Crippen LogP contribution in [0.25, 0.3) is 0 Å². The Morgan fingerprint density at radius 2 is 2.03 bits per heavy atom. The SMILES string of the molecule is CC1(C)CC(=O)C2=C(C1)Nc1nnnn1C2c1cccc(OCc2ccc(Cl)cc2Cl)c1. The lowest BCUT2D eigenvalue weighted by molar-refractivity contribution is -0.118. The highest BCUT2D eigenvalue weighted by Gasteiger charge is 2.41. The summed E-state index contributed by atoms with van der Waals surface area (Å²) in [5, 5.41) is 16.5. The number of tetrazole rings is 1. The molecule has 5 rings (SSSR count). The lowest BCUT2D eigenvalue weighted by atomic mass is 9.73. The number of halogens is 2. The van der Waals surface area contributed by atoms with E-state index in [1.165, 1.54) is 0 Å². The molecule has 3 aromatic rings. The van der Waals surface area contributed by atoms with Crippen molar-refractivity contribution in [3.63, 3.8) is 0 Å². The van der Waals surface area contributed by atoms with E-state index in [-0.39, 0.29) is 11.2 Å². The van der Waals surface area contributed by atoms with Gasteiger partial charge in [-0.3, -0.25) is 4.79 Å². The average Bonchev–Trinajstić information content (AvgIpc) is 3.19. The zero-order chi connectivity index (χ0) is 22.5. The molecule has 164 valence electrons. The molecule has 7 nitrogen and oxygen atoms in total. The molecular weight excluding hydrogens is 449 g/mol. The first-order valence-corrected chi connectivity index (χ1v) is 11.0. The Balaban J connectivity index is 1.49. The van der Waals surface area contributed by atoms with E-state index in [9.17, 15) is 4.79 Å². The Hall–Kier alpha value is -2.90. The van der Waals surface area contributed by atoms with Crippen molar-refractivity contribution in [2.24, 2.45) is 5.41 Å². The predicted molar refractivity (Wildman–Crippen MR) is 122 cm³/mol. The Kier molecular flexibility index (Phi) is 5.18. The summed E-state index contributed by atoms with van der Waals surface area (Å²) in [7, 11) is 0. The van der Waals surface area contributed by atoms with Crippen LogP contribution in [0.1, 0.15) is 43.9 Å². The van der Waals surface area contributed by atoms with Crippen molar-refractivity contribution in [1.82, 2.24) is 20.2 Å². The summed E-state index contributed by atoms with van der Waals surface area (Å²) in [6, 6.07) is 12.5. The molecule has 2 aliphatic rings. The fourth-order valence-electron chi connectivity index (χ4n) is 4.35. The van der Waals surface area contributed by atoms with Gasteiger partial charge in [0.2, 0.25) is 5.95 Å². The van der Waals surface area contributed by atoms with Crippen LogP contribution >= 0.6 is 23.2 Å². The van der Waals surface area contributed by atoms with Gasteiger partial charge in [-0.05, 0) is 52.1 Å². The fraction of sp³-hybridized carbons (Fsp3) is 0.304. The zero-order valence-corrected chi connectivity index (χ0v) is 19.1. The van der Waals surface area contributed by atoms with Crippen molar-refractivity contribution in [3.8, 4) is 5.75 Å². The second kappa shape index (κ2) is 7.90. The third-order valence-corrected chi connectivity index (χ3v) is 6.36. The molecule has 1 aliphatic heterocycles. The van der Waals surface area contributed by atoms with Gasteiger partial charge in [-0.2, -0.15) is 4.68 Å². The van der Waals surface area contributed by atoms with E-state index < -0.39 is 6.04 Å². The van der Waals surface area contributed by atoms with Gasteiger partial charge in [0.05, 0.1) is 0 Å². The maximum absolute atomic E-state index is 13.2. The van der Waals surface area contributed by atoms with Gasteiger partial charge in [-0.25, -0.2) is 0 Å². The molecule has 32 heavy (non-hydrogen) atoms. The number of rotatable bonds is 4. The summed E-state index contributed by atoms with van der Waals surface area (Å²) >= 11 is 12.2. The number of nitrogens with one attached hydrogen (secondary N) is 1. The molecule has 1 N–H and O–H groups in total. The number of Topliss-reactive ketones (excluding diaryl/α,β-unsaturated/α-hetero) is 1. The van der Waals surface area contributed by atoms with Crippen molar-refractivity contribution < 1.29 is 9.53 Å². The van der Waals surface area contributed by atoms with Gasteiger partial charge in [0.25, 0.3) is 0 Å². The summed E-state index contributed by atoms with van der Waals surface area (Å²) < 4.78 is 7.66. The van der Waals surface area contributed by atoms with E-state index in [0.29, 0.717) is 40.3 Å². The van der Waals surface area contributed by atoms with E-state index in [0.717, 1.165) is 23.2 Å². The van der Waals surface area contributed by atoms with E-state index in [1.807, 2.05) is 30.3 Å². The van der Waals surface area contributed by atoms with Gasteiger partial charge in [-0.1, -0.05) is 60.3 Å². The van der Waals surface area contributed by atoms with Crippen LogP contribution in [0.5, 0.6) is 5.75 Å². The van der Waals surface area contributed by atoms with Crippen LogP contribution in [-0.4, -0.2) is 26.0 Å². The molecule has 1 unspecified atom stereocenters. The first-order chi connectivity index (χ1) is 15.3. The monoisotopic (exact) mass is 469 g/mol. The lowest BCUT2D eigenvalue weighted by Gasteiger charge is -2.37. The molecule has 0 radical (unpaired) electrons. The highest BCUT2D eigenvalue weighted by Crippen LogP contribution is 2.45. The second-order valence-electron chi connectivity index (χ2n) is 8.90. The maximum Gasteiger partial charge on any atom is 0.248 e. The average molecular weight is 470 g/mol. The normalized spacial score (nSPS) is 19.2. The second-order valence-corrected chi connectivity index (χ2v) is 9.75. The number of aromatic nitrogens is 4. The molecule has 2 aromatic carbocycles. The van der Waals surface area contributed by atoms with Crippen LogP contribution in [0.2, 0.25) is 10.0 Å². The molecule has 1 aliphatic carbocycles. The topological polar surface area (TPSA) is 81.9 Å². The van der Waals surface area contributed by atoms with Crippen LogP contribution < -0.4 is 10.1 Å². The van der Waals surface area contributed by atoms with Crippen molar-refractivity contribution >= 4 is 34.9 Å². The first kappa shape index (κ1) is 21.0. The number of carbonyl (C=O) groups excluding carboxylic acids is 1. The fourth-order valence-corrected chi connectivity index (χ4v) is 4.82. The molecule has 2 heterocycles. The number of anilines is 1. The molecular formula is C23H21Cl2N5O2. The summed E-state index contributed by atoms with van der Waals surface area (Å²) in [6.07, 6.45) is 1.23. The van der Waals surface area contributed by atoms with Gasteiger partial charge in [0, 0.05) is 33.3 Å². The van der Waals surface area contributed by atoms with Crippen molar-refractivity contribution in [1.29, 1.82) is 0 Å². The summed E-state index contributed by atoms with van der Waals surface area (Å²) in [6.45, 7) is 4.49. The van der Waals surface area contributed by atoms with Crippen molar-refractivity contribution in [3.05, 3.63) is 74.9 Å². The standard InChI is InChI=1S/C23H21Cl2N5O2/c1-23(2)10-18-20(19(31)11-23)21(30-22(26-18)27-28-29-30)13-4-3-5-16(8-13)32-12-14-6-7-15(24)9-17(14)25/h3-9,21H,10-12H2,1-2H3,(H,26,27,29). The lowest BCUT2D eigenvalue weighted by Crippen LogP contribution is -2.36. The van der Waals surface area contributed by atoms with E-state index in [2.05, 4.69) is 34.7 Å². The van der Waals surface area contributed by atoms with Gasteiger partial charge in [-0.15, -0.1) is 0 Å². The smallest absolute Gasteiger partial charge is 0.248 e. The minimum Gasteiger partial charge on any atom is -0.489 e. The molecule has 1 aromatic heterocycles. The summed E-state index contributed by atoms with van der Waals surface area (Å²) in [4.78, 5) is 13.2. The predicted octanol–water partition coefficient (Wildman–Crippen LogP) is 5.22. The van der Waals surface area contributed by atoms with Gasteiger partial charge in [0.1, 0.15) is 18.4 Å². The third-order valence-electron chi connectivity index (χ3n) is 5.78. The number of ether oxygens (including phenoxy) is 1. The molecule has 0 amide bonds.